The smallest absolute Gasteiger partial charge is 0.180 e. The van der Waals surface area contributed by atoms with E-state index in [0.717, 1.165) is 17.0 Å². The monoisotopic (exact) mass is 164 g/mol. The van der Waals surface area contributed by atoms with Crippen LogP contribution in [0.4, 0.5) is 0 Å². The standard InChI is InChI=1S/C8H10N4.H2/c1-5(2)7-11-6-3-9-4-10-8(6)12-7;/h3-5H,1-2H3,(H,9,10,11,12);1H. The van der Waals surface area contributed by atoms with Gasteiger partial charge in [0.1, 0.15) is 17.7 Å². The van der Waals surface area contributed by atoms with Gasteiger partial charge in [-0.15, -0.1) is 0 Å². The summed E-state index contributed by atoms with van der Waals surface area (Å²) in [6, 6.07) is 0. The molecule has 0 aliphatic rings. The van der Waals surface area contributed by atoms with Gasteiger partial charge in [0.05, 0.1) is 6.20 Å². The van der Waals surface area contributed by atoms with Crippen LogP contribution in [0.2, 0.25) is 0 Å². The molecule has 2 rings (SSSR count). The van der Waals surface area contributed by atoms with Crippen LogP contribution in [0.1, 0.15) is 27.0 Å². The summed E-state index contributed by atoms with van der Waals surface area (Å²) in [5.74, 6) is 1.37. The molecule has 0 aliphatic carbocycles. The van der Waals surface area contributed by atoms with Gasteiger partial charge in [-0.3, -0.25) is 0 Å². The van der Waals surface area contributed by atoms with E-state index in [-0.39, 0.29) is 1.43 Å². The average Bonchev–Trinajstić information content (AvgIpc) is 2.46. The molecule has 0 unspecified atom stereocenters. The van der Waals surface area contributed by atoms with E-state index < -0.39 is 0 Å². The third-order valence-electron chi connectivity index (χ3n) is 1.73. The largest absolute Gasteiger partial charge is 0.339 e. The summed E-state index contributed by atoms with van der Waals surface area (Å²) in [7, 11) is 0. The lowest BCUT2D eigenvalue weighted by Crippen LogP contribution is -1.88. The highest BCUT2D eigenvalue weighted by Crippen LogP contribution is 2.13. The minimum atomic E-state index is 0. The summed E-state index contributed by atoms with van der Waals surface area (Å²) in [6.07, 6.45) is 3.24. The second-order valence-corrected chi connectivity index (χ2v) is 3.04. The fourth-order valence-electron chi connectivity index (χ4n) is 1.05. The van der Waals surface area contributed by atoms with Crippen molar-refractivity contribution >= 4 is 11.2 Å². The number of aromatic nitrogens is 4. The van der Waals surface area contributed by atoms with E-state index in [0.29, 0.717) is 5.92 Å². The van der Waals surface area contributed by atoms with Crippen LogP contribution in [-0.2, 0) is 0 Å². The maximum atomic E-state index is 4.31. The predicted octanol–water partition coefficient (Wildman–Crippen LogP) is 1.72. The Morgan fingerprint density at radius 3 is 3.00 bits per heavy atom. The molecule has 0 saturated heterocycles. The molecule has 0 radical (unpaired) electrons. The molecule has 0 aliphatic heterocycles. The first-order valence-corrected chi connectivity index (χ1v) is 3.93. The number of nitrogens with one attached hydrogen (secondary N) is 1. The Bertz CT molecular complexity index is 363. The van der Waals surface area contributed by atoms with E-state index in [1.54, 1.807) is 6.20 Å². The number of rotatable bonds is 1. The van der Waals surface area contributed by atoms with Crippen molar-refractivity contribution < 1.29 is 1.43 Å². The average molecular weight is 164 g/mol. The molecule has 2 aromatic rings. The van der Waals surface area contributed by atoms with Crippen molar-refractivity contribution in [3.63, 3.8) is 0 Å². The normalized spacial score (nSPS) is 11.2. The maximum Gasteiger partial charge on any atom is 0.180 e. The molecule has 12 heavy (non-hydrogen) atoms. The van der Waals surface area contributed by atoms with Crippen LogP contribution >= 0.6 is 0 Å². The highest BCUT2D eigenvalue weighted by molar-refractivity contribution is 5.68. The molecule has 0 aromatic carbocycles. The van der Waals surface area contributed by atoms with Gasteiger partial charge in [-0.05, 0) is 0 Å². The summed E-state index contributed by atoms with van der Waals surface area (Å²) in [5, 5.41) is 0. The van der Waals surface area contributed by atoms with Crippen LogP contribution in [0.25, 0.3) is 11.2 Å². The third-order valence-corrected chi connectivity index (χ3v) is 1.73. The van der Waals surface area contributed by atoms with E-state index in [2.05, 4.69) is 33.8 Å². The molecular weight excluding hydrogens is 152 g/mol. The number of aromatic amines is 1. The first-order valence-electron chi connectivity index (χ1n) is 3.93. The van der Waals surface area contributed by atoms with Crippen LogP contribution in [0.5, 0.6) is 0 Å². The second-order valence-electron chi connectivity index (χ2n) is 3.04. The zero-order valence-electron chi connectivity index (χ0n) is 7.07. The van der Waals surface area contributed by atoms with Crippen LogP contribution in [0.3, 0.4) is 0 Å². The van der Waals surface area contributed by atoms with Gasteiger partial charge in [0, 0.05) is 7.34 Å². The van der Waals surface area contributed by atoms with Crippen LogP contribution < -0.4 is 0 Å². The second kappa shape index (κ2) is 2.55. The van der Waals surface area contributed by atoms with Gasteiger partial charge in [-0.25, -0.2) is 15.0 Å². The molecule has 0 spiro atoms. The zero-order chi connectivity index (χ0) is 8.55. The minimum absolute atomic E-state index is 0. The minimum Gasteiger partial charge on any atom is -0.339 e. The lowest BCUT2D eigenvalue weighted by molar-refractivity contribution is 0.798. The van der Waals surface area contributed by atoms with Crippen molar-refractivity contribution in [1.29, 1.82) is 0 Å². The number of H-pyrrole nitrogens is 1. The first-order chi connectivity index (χ1) is 5.77. The molecule has 2 aromatic heterocycles. The molecule has 1 N–H and O–H groups in total. The van der Waals surface area contributed by atoms with Gasteiger partial charge in [-0.2, -0.15) is 0 Å². The maximum absolute atomic E-state index is 4.31. The van der Waals surface area contributed by atoms with Crippen molar-refractivity contribution in [3.05, 3.63) is 18.3 Å². The lowest BCUT2D eigenvalue weighted by atomic mass is 10.2. The molecule has 64 valence electrons. The Morgan fingerprint density at radius 1 is 1.50 bits per heavy atom. The third kappa shape index (κ3) is 1.05. The molecule has 0 atom stereocenters. The first kappa shape index (κ1) is 7.21. The van der Waals surface area contributed by atoms with E-state index in [1.807, 2.05) is 0 Å². The molecule has 4 nitrogen and oxygen atoms in total. The van der Waals surface area contributed by atoms with Gasteiger partial charge < -0.3 is 4.98 Å². The molecule has 2 heterocycles. The van der Waals surface area contributed by atoms with Crippen molar-refractivity contribution in [3.8, 4) is 0 Å². The highest BCUT2D eigenvalue weighted by atomic mass is 15.0. The van der Waals surface area contributed by atoms with Crippen LogP contribution in [0, 0.1) is 0 Å². The van der Waals surface area contributed by atoms with Crippen LogP contribution in [0.15, 0.2) is 12.5 Å². The summed E-state index contributed by atoms with van der Waals surface area (Å²) >= 11 is 0. The van der Waals surface area contributed by atoms with E-state index >= 15 is 0 Å². The molecule has 0 saturated carbocycles. The Kier molecular flexibility index (Phi) is 1.53. The Labute approximate surface area is 71.6 Å². The SMILES string of the molecule is CC(C)c1nc2ncncc2[nH]1.[HH]. The van der Waals surface area contributed by atoms with Gasteiger partial charge in [0.2, 0.25) is 0 Å². The topological polar surface area (TPSA) is 54.5 Å². The highest BCUT2D eigenvalue weighted by Gasteiger charge is 2.05. The Morgan fingerprint density at radius 2 is 2.33 bits per heavy atom. The van der Waals surface area contributed by atoms with Gasteiger partial charge in [0.15, 0.2) is 5.65 Å². The summed E-state index contributed by atoms with van der Waals surface area (Å²) < 4.78 is 0. The van der Waals surface area contributed by atoms with E-state index in [4.69, 9.17) is 0 Å². The van der Waals surface area contributed by atoms with Crippen molar-refractivity contribution in [2.75, 3.05) is 0 Å². The number of fused-ring (bicyclic) bond motifs is 1. The number of hydrogen-bond acceptors (Lipinski definition) is 3. The van der Waals surface area contributed by atoms with E-state index in [9.17, 15) is 0 Å². The zero-order valence-corrected chi connectivity index (χ0v) is 7.07. The fraction of sp³-hybridized carbons (Fsp3) is 0.375. The van der Waals surface area contributed by atoms with Crippen LogP contribution in [-0.4, -0.2) is 19.9 Å². The van der Waals surface area contributed by atoms with Crippen molar-refractivity contribution in [2.24, 2.45) is 0 Å². The van der Waals surface area contributed by atoms with Gasteiger partial charge in [-0.1, -0.05) is 13.8 Å². The molecule has 0 fully saturated rings. The van der Waals surface area contributed by atoms with E-state index in [1.165, 1.54) is 6.33 Å². The fourth-order valence-corrected chi connectivity index (χ4v) is 1.05. The number of nitrogens with zero attached hydrogens (tertiary/aromatic N) is 3. The van der Waals surface area contributed by atoms with Gasteiger partial charge >= 0.3 is 0 Å². The number of hydrogen-bond donors (Lipinski definition) is 1. The Balaban J connectivity index is 0.000000845. The number of imidazole rings is 1. The molecular formula is C8H12N4. The van der Waals surface area contributed by atoms with Gasteiger partial charge in [0.25, 0.3) is 0 Å². The Hall–Kier alpha value is -1.45. The molecule has 0 amide bonds. The lowest BCUT2D eigenvalue weighted by Gasteiger charge is -1.95. The van der Waals surface area contributed by atoms with Crippen molar-refractivity contribution in [1.82, 2.24) is 19.9 Å². The quantitative estimate of drug-likeness (QED) is 0.698. The molecule has 0 bridgehead atoms. The summed E-state index contributed by atoms with van der Waals surface area (Å²) in [5.41, 5.74) is 1.65. The van der Waals surface area contributed by atoms with Crippen molar-refractivity contribution in [2.45, 2.75) is 19.8 Å². The molecule has 4 heteroatoms. The summed E-state index contributed by atoms with van der Waals surface area (Å²) in [6.45, 7) is 4.18. The summed E-state index contributed by atoms with van der Waals surface area (Å²) in [4.78, 5) is 15.4. The predicted molar refractivity (Wildman–Crippen MR) is 47.9 cm³/mol.